The zero-order valence-electron chi connectivity index (χ0n) is 11.2. The number of hydrogen-bond acceptors (Lipinski definition) is 4. The Balaban J connectivity index is 2.57. The van der Waals surface area contributed by atoms with Gasteiger partial charge in [-0.25, -0.2) is 0 Å². The van der Waals surface area contributed by atoms with Crippen molar-refractivity contribution in [3.63, 3.8) is 0 Å². The molecule has 0 bridgehead atoms. The summed E-state index contributed by atoms with van der Waals surface area (Å²) in [4.78, 5) is 15.2. The number of nitrogens with zero attached hydrogens (tertiary/aromatic N) is 2. The van der Waals surface area contributed by atoms with E-state index in [2.05, 4.69) is 5.16 Å². The third-order valence-corrected chi connectivity index (χ3v) is 2.98. The predicted octanol–water partition coefficient (Wildman–Crippen LogP) is 3.55. The molecule has 102 valence electrons. The molecule has 2 aromatic carbocycles. The average Bonchev–Trinajstić information content (AvgIpc) is 2.46. The molecule has 0 atom stereocenters. The molecule has 0 unspecified atom stereocenters. The first-order valence-corrected chi connectivity index (χ1v) is 6.04. The van der Waals surface area contributed by atoms with E-state index in [1.807, 2.05) is 31.2 Å². The molecule has 0 aromatic heterocycles. The van der Waals surface area contributed by atoms with Crippen LogP contribution in [0.5, 0.6) is 0 Å². The van der Waals surface area contributed by atoms with Crippen molar-refractivity contribution in [2.75, 3.05) is 7.11 Å². The van der Waals surface area contributed by atoms with Crippen molar-refractivity contribution in [2.24, 2.45) is 5.16 Å². The van der Waals surface area contributed by atoms with Gasteiger partial charge in [-0.15, -0.1) is 0 Å². The highest BCUT2D eigenvalue weighted by molar-refractivity contribution is 5.92. The molecule has 0 aliphatic rings. The molecule has 0 fully saturated rings. The van der Waals surface area contributed by atoms with Crippen LogP contribution in [0, 0.1) is 17.0 Å². The third kappa shape index (κ3) is 2.83. The lowest BCUT2D eigenvalue weighted by molar-refractivity contribution is -0.384. The number of aryl methyl sites for hydroxylation is 1. The summed E-state index contributed by atoms with van der Waals surface area (Å²) in [5.74, 6) is 0. The standard InChI is InChI=1S/C15H14N2O3/c1-11-5-3-8-14(15(11)10-16-20-2)12-6-4-7-13(9-12)17(18)19/h3-10H,1-2H3/b16-10+. The van der Waals surface area contributed by atoms with Crippen molar-refractivity contribution in [1.29, 1.82) is 0 Å². The van der Waals surface area contributed by atoms with Crippen LogP contribution in [0.15, 0.2) is 47.6 Å². The van der Waals surface area contributed by atoms with Gasteiger partial charge in [-0.2, -0.15) is 0 Å². The van der Waals surface area contributed by atoms with Crippen LogP contribution in [0.4, 0.5) is 5.69 Å². The summed E-state index contributed by atoms with van der Waals surface area (Å²) < 4.78 is 0. The summed E-state index contributed by atoms with van der Waals surface area (Å²) in [6.07, 6.45) is 1.61. The van der Waals surface area contributed by atoms with Gasteiger partial charge in [0.05, 0.1) is 11.1 Å². The monoisotopic (exact) mass is 270 g/mol. The molecule has 0 aliphatic heterocycles. The van der Waals surface area contributed by atoms with E-state index >= 15 is 0 Å². The molecule has 0 amide bonds. The Morgan fingerprint density at radius 2 is 2.00 bits per heavy atom. The predicted molar refractivity (Wildman–Crippen MR) is 77.9 cm³/mol. The molecule has 0 saturated heterocycles. The summed E-state index contributed by atoms with van der Waals surface area (Å²) in [6, 6.07) is 12.3. The van der Waals surface area contributed by atoms with E-state index in [1.54, 1.807) is 18.3 Å². The number of nitro groups is 1. The van der Waals surface area contributed by atoms with E-state index in [4.69, 9.17) is 4.84 Å². The average molecular weight is 270 g/mol. The Morgan fingerprint density at radius 3 is 2.70 bits per heavy atom. The van der Waals surface area contributed by atoms with E-state index < -0.39 is 4.92 Å². The molecule has 5 heteroatoms. The molecule has 0 heterocycles. The fourth-order valence-corrected chi connectivity index (χ4v) is 2.00. The lowest BCUT2D eigenvalue weighted by Crippen LogP contribution is -1.94. The number of benzene rings is 2. The summed E-state index contributed by atoms with van der Waals surface area (Å²) in [6.45, 7) is 1.96. The van der Waals surface area contributed by atoms with Gasteiger partial charge in [0.25, 0.3) is 5.69 Å². The Bertz CT molecular complexity index is 666. The van der Waals surface area contributed by atoms with E-state index in [1.165, 1.54) is 13.2 Å². The second-order valence-electron chi connectivity index (χ2n) is 4.26. The van der Waals surface area contributed by atoms with Gasteiger partial charge >= 0.3 is 0 Å². The van der Waals surface area contributed by atoms with Gasteiger partial charge < -0.3 is 4.84 Å². The van der Waals surface area contributed by atoms with Gasteiger partial charge in [-0.1, -0.05) is 35.5 Å². The summed E-state index contributed by atoms with van der Waals surface area (Å²) >= 11 is 0. The summed E-state index contributed by atoms with van der Waals surface area (Å²) in [7, 11) is 1.47. The molecule has 2 aromatic rings. The van der Waals surface area contributed by atoms with Crippen molar-refractivity contribution >= 4 is 11.9 Å². The van der Waals surface area contributed by atoms with Crippen molar-refractivity contribution in [1.82, 2.24) is 0 Å². The number of rotatable bonds is 4. The second-order valence-corrected chi connectivity index (χ2v) is 4.26. The van der Waals surface area contributed by atoms with Crippen LogP contribution in [-0.2, 0) is 4.84 Å². The van der Waals surface area contributed by atoms with Crippen LogP contribution in [-0.4, -0.2) is 18.2 Å². The van der Waals surface area contributed by atoms with Gasteiger partial charge in [0.2, 0.25) is 0 Å². The summed E-state index contributed by atoms with van der Waals surface area (Å²) in [5, 5.41) is 14.7. The fourth-order valence-electron chi connectivity index (χ4n) is 2.00. The van der Waals surface area contributed by atoms with E-state index in [0.717, 1.165) is 22.3 Å². The molecule has 5 nitrogen and oxygen atoms in total. The van der Waals surface area contributed by atoms with Crippen molar-refractivity contribution in [3.05, 3.63) is 63.7 Å². The van der Waals surface area contributed by atoms with Crippen molar-refractivity contribution in [2.45, 2.75) is 6.92 Å². The normalized spacial score (nSPS) is 10.7. The zero-order valence-corrected chi connectivity index (χ0v) is 11.2. The van der Waals surface area contributed by atoms with Gasteiger partial charge in [0.1, 0.15) is 7.11 Å². The van der Waals surface area contributed by atoms with E-state index in [-0.39, 0.29) is 5.69 Å². The van der Waals surface area contributed by atoms with Gasteiger partial charge in [-0.05, 0) is 23.6 Å². The quantitative estimate of drug-likeness (QED) is 0.485. The minimum absolute atomic E-state index is 0.0682. The van der Waals surface area contributed by atoms with Gasteiger partial charge in [0, 0.05) is 17.7 Å². The Kier molecular flexibility index (Phi) is 4.10. The first kappa shape index (κ1) is 13.7. The number of hydrogen-bond donors (Lipinski definition) is 0. The Labute approximate surface area is 116 Å². The molecule has 2 rings (SSSR count). The summed E-state index contributed by atoms with van der Waals surface area (Å²) in [5.41, 5.74) is 3.64. The highest BCUT2D eigenvalue weighted by Crippen LogP contribution is 2.27. The minimum atomic E-state index is -0.401. The maximum Gasteiger partial charge on any atom is 0.270 e. The molecule has 0 saturated carbocycles. The van der Waals surface area contributed by atoms with Crippen molar-refractivity contribution < 1.29 is 9.76 Å². The molecule has 0 radical (unpaired) electrons. The number of oxime groups is 1. The molecular formula is C15H14N2O3. The lowest BCUT2D eigenvalue weighted by atomic mass is 9.96. The smallest absolute Gasteiger partial charge is 0.270 e. The lowest BCUT2D eigenvalue weighted by Gasteiger charge is -2.08. The van der Waals surface area contributed by atoms with Crippen LogP contribution >= 0.6 is 0 Å². The first-order chi connectivity index (χ1) is 9.63. The maximum atomic E-state index is 10.9. The van der Waals surface area contributed by atoms with Gasteiger partial charge in [0.15, 0.2) is 0 Å². The van der Waals surface area contributed by atoms with Crippen LogP contribution in [0.2, 0.25) is 0 Å². The second kappa shape index (κ2) is 5.97. The maximum absolute atomic E-state index is 10.9. The molecule has 0 N–H and O–H groups in total. The topological polar surface area (TPSA) is 64.7 Å². The van der Waals surface area contributed by atoms with Crippen LogP contribution in [0.25, 0.3) is 11.1 Å². The third-order valence-electron chi connectivity index (χ3n) is 2.98. The van der Waals surface area contributed by atoms with Crippen LogP contribution in [0.3, 0.4) is 0 Å². The fraction of sp³-hybridized carbons (Fsp3) is 0.133. The Morgan fingerprint density at radius 1 is 1.25 bits per heavy atom. The highest BCUT2D eigenvalue weighted by Gasteiger charge is 2.10. The Hall–Kier alpha value is -2.69. The molecular weight excluding hydrogens is 256 g/mol. The molecule has 20 heavy (non-hydrogen) atoms. The molecule has 0 spiro atoms. The van der Waals surface area contributed by atoms with Gasteiger partial charge in [-0.3, -0.25) is 10.1 Å². The SMILES string of the molecule is CO/N=C/c1c(C)cccc1-c1cccc([N+](=O)[O-])c1. The van der Waals surface area contributed by atoms with Crippen molar-refractivity contribution in [3.8, 4) is 11.1 Å². The molecule has 0 aliphatic carbocycles. The highest BCUT2D eigenvalue weighted by atomic mass is 16.6. The number of nitro benzene ring substituents is 1. The zero-order chi connectivity index (χ0) is 14.5. The number of non-ortho nitro benzene ring substituents is 1. The van der Waals surface area contributed by atoms with E-state index in [0.29, 0.717) is 0 Å². The van der Waals surface area contributed by atoms with Crippen LogP contribution < -0.4 is 0 Å². The first-order valence-electron chi connectivity index (χ1n) is 6.04. The minimum Gasteiger partial charge on any atom is -0.399 e. The van der Waals surface area contributed by atoms with E-state index in [9.17, 15) is 10.1 Å². The van der Waals surface area contributed by atoms with Crippen LogP contribution in [0.1, 0.15) is 11.1 Å². The largest absolute Gasteiger partial charge is 0.399 e.